The lowest BCUT2D eigenvalue weighted by Gasteiger charge is -2.33. The second-order valence-electron chi connectivity index (χ2n) is 4.72. The number of hydrogen-bond donors (Lipinski definition) is 0. The number of alkyl halides is 1. The van der Waals surface area contributed by atoms with Gasteiger partial charge in [0, 0.05) is 13.8 Å². The van der Waals surface area contributed by atoms with Crippen LogP contribution < -0.4 is 4.74 Å². The Morgan fingerprint density at radius 1 is 1.20 bits per heavy atom. The van der Waals surface area contributed by atoms with E-state index < -0.39 is 8.80 Å². The molecule has 0 fully saturated rings. The Morgan fingerprint density at radius 2 is 1.73 bits per heavy atom. The summed E-state index contributed by atoms with van der Waals surface area (Å²) in [7, 11) is -0.751. The molecule has 15 heavy (non-hydrogen) atoms. The molecule has 0 amide bonds. The van der Waals surface area contributed by atoms with Gasteiger partial charge in [-0.05, 0) is 28.1 Å². The summed E-state index contributed by atoms with van der Waals surface area (Å²) < 4.78 is 5.89. The van der Waals surface area contributed by atoms with Gasteiger partial charge in [0.15, 0.2) is 5.01 Å². The van der Waals surface area contributed by atoms with Crippen LogP contribution in [0.15, 0.2) is 30.3 Å². The lowest BCUT2D eigenvalue weighted by atomic mass is 10.2. The minimum Gasteiger partial charge on any atom is -0.479 e. The molecule has 1 aromatic carbocycles. The van der Waals surface area contributed by atoms with E-state index in [0.29, 0.717) is 0 Å². The molecule has 1 nitrogen and oxygen atoms in total. The van der Waals surface area contributed by atoms with Crippen LogP contribution in [-0.2, 0) is 0 Å². The number of benzene rings is 1. The van der Waals surface area contributed by atoms with Gasteiger partial charge < -0.3 is 4.74 Å². The van der Waals surface area contributed by atoms with E-state index in [2.05, 4.69) is 42.9 Å². The molecule has 0 saturated carbocycles. The number of ether oxygens (including phenoxy) is 1. The Bertz CT molecular complexity index is 298. The molecule has 1 unspecified atom stereocenters. The highest BCUT2D eigenvalue weighted by molar-refractivity contribution is 9.09. The molecule has 0 radical (unpaired) electrons. The molecule has 0 aliphatic heterocycles. The van der Waals surface area contributed by atoms with Crippen LogP contribution in [0.5, 0.6) is 5.75 Å². The standard InChI is InChI=1S/C12H19BrOSi/c1-12(2,15(3)4)11(13)14-10-8-6-5-7-9-10/h5-9,11,15H,1-4H3. The van der Waals surface area contributed by atoms with Crippen molar-refractivity contribution >= 4 is 24.7 Å². The van der Waals surface area contributed by atoms with Crippen molar-refractivity contribution in [2.45, 2.75) is 37.0 Å². The average molecular weight is 287 g/mol. The van der Waals surface area contributed by atoms with Crippen LogP contribution in [0.2, 0.25) is 18.1 Å². The van der Waals surface area contributed by atoms with Gasteiger partial charge in [0.05, 0.1) is 0 Å². The summed E-state index contributed by atoms with van der Waals surface area (Å²) in [6.07, 6.45) is 0. The van der Waals surface area contributed by atoms with Gasteiger partial charge in [-0.2, -0.15) is 0 Å². The zero-order valence-electron chi connectivity index (χ0n) is 9.83. The van der Waals surface area contributed by atoms with Gasteiger partial charge in [0.25, 0.3) is 0 Å². The summed E-state index contributed by atoms with van der Waals surface area (Å²) >= 11 is 3.65. The van der Waals surface area contributed by atoms with Gasteiger partial charge in [-0.25, -0.2) is 0 Å². The zero-order valence-corrected chi connectivity index (χ0v) is 12.6. The maximum absolute atomic E-state index is 5.89. The summed E-state index contributed by atoms with van der Waals surface area (Å²) in [6.45, 7) is 9.24. The molecular weight excluding hydrogens is 268 g/mol. The lowest BCUT2D eigenvalue weighted by molar-refractivity contribution is 0.249. The van der Waals surface area contributed by atoms with E-state index in [0.717, 1.165) is 5.75 Å². The van der Waals surface area contributed by atoms with E-state index in [1.165, 1.54) is 0 Å². The highest BCUT2D eigenvalue weighted by Gasteiger charge is 2.33. The van der Waals surface area contributed by atoms with Crippen molar-refractivity contribution in [1.29, 1.82) is 0 Å². The molecule has 0 aromatic heterocycles. The Balaban J connectivity index is 2.67. The van der Waals surface area contributed by atoms with Crippen LogP contribution in [0, 0.1) is 0 Å². The molecular formula is C12H19BrOSi. The monoisotopic (exact) mass is 286 g/mol. The third-order valence-electron chi connectivity index (χ3n) is 3.06. The Morgan fingerprint density at radius 3 is 2.20 bits per heavy atom. The first-order valence-corrected chi connectivity index (χ1v) is 9.10. The number of halogens is 1. The van der Waals surface area contributed by atoms with Gasteiger partial charge >= 0.3 is 0 Å². The highest BCUT2D eigenvalue weighted by Crippen LogP contribution is 2.38. The largest absolute Gasteiger partial charge is 0.479 e. The van der Waals surface area contributed by atoms with Crippen molar-refractivity contribution in [1.82, 2.24) is 0 Å². The van der Waals surface area contributed by atoms with Crippen LogP contribution in [0.4, 0.5) is 0 Å². The fourth-order valence-corrected chi connectivity index (χ4v) is 3.43. The molecule has 0 N–H and O–H groups in total. The lowest BCUT2D eigenvalue weighted by Crippen LogP contribution is -2.33. The van der Waals surface area contributed by atoms with Crippen LogP contribution in [-0.4, -0.2) is 13.8 Å². The molecule has 1 aromatic rings. The topological polar surface area (TPSA) is 9.23 Å². The van der Waals surface area contributed by atoms with E-state index in [1.807, 2.05) is 30.3 Å². The summed E-state index contributed by atoms with van der Waals surface area (Å²) in [4.78, 5) is 0. The summed E-state index contributed by atoms with van der Waals surface area (Å²) in [5.41, 5.74) is 0. The average Bonchev–Trinajstić information content (AvgIpc) is 2.18. The smallest absolute Gasteiger partial charge is 0.155 e. The molecule has 0 heterocycles. The van der Waals surface area contributed by atoms with Crippen LogP contribution in [0.3, 0.4) is 0 Å². The fraction of sp³-hybridized carbons (Fsp3) is 0.500. The van der Waals surface area contributed by atoms with Crippen molar-refractivity contribution in [3.05, 3.63) is 30.3 Å². The molecule has 1 rings (SSSR count). The highest BCUT2D eigenvalue weighted by atomic mass is 79.9. The number of para-hydroxylation sites is 1. The third-order valence-corrected chi connectivity index (χ3v) is 8.19. The molecule has 0 aliphatic rings. The fourth-order valence-electron chi connectivity index (χ4n) is 1.03. The van der Waals surface area contributed by atoms with Gasteiger partial charge in [-0.1, -0.05) is 45.1 Å². The van der Waals surface area contributed by atoms with E-state index in [1.54, 1.807) is 0 Å². The molecule has 0 bridgehead atoms. The second kappa shape index (κ2) is 5.17. The quantitative estimate of drug-likeness (QED) is 0.599. The molecule has 84 valence electrons. The molecule has 0 aliphatic carbocycles. The van der Waals surface area contributed by atoms with Gasteiger partial charge in [0.1, 0.15) is 5.75 Å². The Labute approximate surface area is 103 Å². The van der Waals surface area contributed by atoms with Crippen molar-refractivity contribution in [3.8, 4) is 5.75 Å². The van der Waals surface area contributed by atoms with Crippen molar-refractivity contribution < 1.29 is 4.74 Å². The molecule has 0 saturated heterocycles. The van der Waals surface area contributed by atoms with E-state index in [4.69, 9.17) is 4.74 Å². The maximum atomic E-state index is 5.89. The molecule has 1 atom stereocenters. The number of hydrogen-bond acceptors (Lipinski definition) is 1. The zero-order chi connectivity index (χ0) is 11.5. The predicted molar refractivity (Wildman–Crippen MR) is 72.7 cm³/mol. The summed E-state index contributed by atoms with van der Waals surface area (Å²) in [6, 6.07) is 9.97. The van der Waals surface area contributed by atoms with Crippen LogP contribution in [0.1, 0.15) is 13.8 Å². The number of rotatable bonds is 4. The molecule has 3 heteroatoms. The minimum atomic E-state index is -0.751. The second-order valence-corrected chi connectivity index (χ2v) is 9.35. The SMILES string of the molecule is C[SiH](C)C(C)(C)C(Br)Oc1ccccc1. The normalized spacial score (nSPS) is 14.0. The van der Waals surface area contributed by atoms with Crippen LogP contribution in [0.25, 0.3) is 0 Å². The van der Waals surface area contributed by atoms with E-state index in [-0.39, 0.29) is 10.1 Å². The first kappa shape index (κ1) is 12.8. The van der Waals surface area contributed by atoms with E-state index in [9.17, 15) is 0 Å². The first-order chi connectivity index (χ1) is 6.94. The molecule has 0 spiro atoms. The van der Waals surface area contributed by atoms with Crippen molar-refractivity contribution in [2.75, 3.05) is 0 Å². The minimum absolute atomic E-state index is 0.0964. The maximum Gasteiger partial charge on any atom is 0.155 e. The first-order valence-electron chi connectivity index (χ1n) is 5.30. The Kier molecular flexibility index (Phi) is 4.41. The van der Waals surface area contributed by atoms with Gasteiger partial charge in [0.2, 0.25) is 0 Å². The van der Waals surface area contributed by atoms with Crippen LogP contribution >= 0.6 is 15.9 Å². The van der Waals surface area contributed by atoms with E-state index >= 15 is 0 Å². The predicted octanol–water partition coefficient (Wildman–Crippen LogP) is 4.05. The van der Waals surface area contributed by atoms with Gasteiger partial charge in [-0.3, -0.25) is 0 Å². The summed E-state index contributed by atoms with van der Waals surface area (Å²) in [5.74, 6) is 0.933. The Hall–Kier alpha value is -0.283. The van der Waals surface area contributed by atoms with Crippen molar-refractivity contribution in [3.63, 3.8) is 0 Å². The van der Waals surface area contributed by atoms with Gasteiger partial charge in [-0.15, -0.1) is 0 Å². The summed E-state index contributed by atoms with van der Waals surface area (Å²) in [5, 5.41) is 0.342. The third kappa shape index (κ3) is 3.35. The van der Waals surface area contributed by atoms with Crippen molar-refractivity contribution in [2.24, 2.45) is 0 Å².